The van der Waals surface area contributed by atoms with E-state index in [2.05, 4.69) is 34.6 Å². The van der Waals surface area contributed by atoms with Gasteiger partial charge >= 0.3 is 0 Å². The van der Waals surface area contributed by atoms with Crippen LogP contribution in [0.3, 0.4) is 0 Å². The number of rotatable bonds is 6. The lowest BCUT2D eigenvalue weighted by Crippen LogP contribution is -2.19. The summed E-state index contributed by atoms with van der Waals surface area (Å²) in [6.45, 7) is 1.09. The van der Waals surface area contributed by atoms with Crippen LogP contribution in [-0.4, -0.2) is 31.3 Å². The smallest absolute Gasteiger partial charge is 0.213 e. The molecule has 110 valence electrons. The Morgan fingerprint density at radius 3 is 2.48 bits per heavy atom. The van der Waals surface area contributed by atoms with Crippen molar-refractivity contribution in [3.63, 3.8) is 0 Å². The molecule has 0 radical (unpaired) electrons. The summed E-state index contributed by atoms with van der Waals surface area (Å²) >= 11 is 0. The Morgan fingerprint density at radius 2 is 1.86 bits per heavy atom. The molecule has 0 amide bonds. The number of nitrogens with one attached hydrogen (secondary N) is 1. The fraction of sp³-hybridized carbons (Fsp3) is 0.353. The highest BCUT2D eigenvalue weighted by atomic mass is 16.5. The van der Waals surface area contributed by atoms with Gasteiger partial charge < -0.3 is 14.8 Å². The first kappa shape index (κ1) is 13.9. The Labute approximate surface area is 125 Å². The van der Waals surface area contributed by atoms with Gasteiger partial charge in [-0.1, -0.05) is 24.3 Å². The molecule has 0 unspecified atom stereocenters. The van der Waals surface area contributed by atoms with Crippen molar-refractivity contribution in [1.82, 2.24) is 4.98 Å². The van der Waals surface area contributed by atoms with Gasteiger partial charge in [-0.3, -0.25) is 0 Å². The van der Waals surface area contributed by atoms with Gasteiger partial charge in [0.25, 0.3) is 0 Å². The van der Waals surface area contributed by atoms with Crippen LogP contribution in [-0.2, 0) is 17.6 Å². The quantitative estimate of drug-likeness (QED) is 0.828. The van der Waals surface area contributed by atoms with Gasteiger partial charge in [0, 0.05) is 19.2 Å². The minimum Gasteiger partial charge on any atom is -0.475 e. The number of hydrogen-bond acceptors (Lipinski definition) is 4. The zero-order valence-corrected chi connectivity index (χ0v) is 12.2. The maximum atomic E-state index is 5.46. The average Bonchev–Trinajstić information content (AvgIpc) is 2.91. The van der Waals surface area contributed by atoms with E-state index >= 15 is 0 Å². The van der Waals surface area contributed by atoms with Crippen molar-refractivity contribution < 1.29 is 9.47 Å². The first-order valence-corrected chi connectivity index (χ1v) is 7.26. The van der Waals surface area contributed by atoms with Crippen LogP contribution < -0.4 is 10.1 Å². The van der Waals surface area contributed by atoms with E-state index in [1.54, 1.807) is 7.11 Å². The number of fused-ring (bicyclic) bond motifs is 1. The van der Waals surface area contributed by atoms with Gasteiger partial charge in [0.15, 0.2) is 0 Å². The van der Waals surface area contributed by atoms with Crippen LogP contribution in [0.2, 0.25) is 0 Å². The summed E-state index contributed by atoms with van der Waals surface area (Å²) in [4.78, 5) is 4.30. The summed E-state index contributed by atoms with van der Waals surface area (Å²) in [7, 11) is 1.66. The van der Waals surface area contributed by atoms with Crippen molar-refractivity contribution in [3.05, 3.63) is 53.7 Å². The van der Waals surface area contributed by atoms with Crippen LogP contribution in [0.4, 0.5) is 5.69 Å². The number of ether oxygens (including phenoxy) is 2. The third-order valence-electron chi connectivity index (χ3n) is 3.70. The van der Waals surface area contributed by atoms with Gasteiger partial charge in [-0.05, 0) is 30.0 Å². The number of hydrogen-bond donors (Lipinski definition) is 1. The maximum absolute atomic E-state index is 5.46. The molecule has 1 aromatic carbocycles. The number of pyridine rings is 1. The summed E-state index contributed by atoms with van der Waals surface area (Å²) in [5.41, 5.74) is 3.93. The highest BCUT2D eigenvalue weighted by Crippen LogP contribution is 2.24. The third-order valence-corrected chi connectivity index (χ3v) is 3.70. The molecule has 1 heterocycles. The lowest BCUT2D eigenvalue weighted by molar-refractivity contribution is 0.144. The van der Waals surface area contributed by atoms with E-state index in [0.29, 0.717) is 25.1 Å². The molecule has 1 aliphatic rings. The zero-order valence-electron chi connectivity index (χ0n) is 12.2. The topological polar surface area (TPSA) is 43.4 Å². The van der Waals surface area contributed by atoms with Crippen LogP contribution in [0.15, 0.2) is 42.6 Å². The molecule has 0 atom stereocenters. The molecule has 3 rings (SSSR count). The minimum atomic E-state index is 0.449. The second kappa shape index (κ2) is 6.59. The second-order valence-corrected chi connectivity index (χ2v) is 5.24. The van der Waals surface area contributed by atoms with E-state index in [1.807, 2.05) is 18.3 Å². The fourth-order valence-electron chi connectivity index (χ4n) is 2.68. The van der Waals surface area contributed by atoms with Crippen LogP contribution in [0.1, 0.15) is 11.1 Å². The van der Waals surface area contributed by atoms with Gasteiger partial charge in [0.05, 0.1) is 18.5 Å². The van der Waals surface area contributed by atoms with Crippen molar-refractivity contribution >= 4 is 5.69 Å². The maximum Gasteiger partial charge on any atom is 0.213 e. The molecule has 0 fully saturated rings. The molecule has 0 saturated heterocycles. The monoisotopic (exact) mass is 284 g/mol. The minimum absolute atomic E-state index is 0.449. The standard InChI is InChI=1S/C17H20N2O2/c1-20-8-9-21-17-7-6-15(12-18-17)19-16-10-13-4-2-3-5-14(13)11-16/h2-7,12,16,19H,8-11H2,1H3. The molecular weight excluding hydrogens is 264 g/mol. The molecule has 1 aliphatic carbocycles. The average molecular weight is 284 g/mol. The highest BCUT2D eigenvalue weighted by molar-refractivity contribution is 5.46. The van der Waals surface area contributed by atoms with Gasteiger partial charge in [-0.2, -0.15) is 0 Å². The van der Waals surface area contributed by atoms with Crippen molar-refractivity contribution in [2.24, 2.45) is 0 Å². The lowest BCUT2D eigenvalue weighted by atomic mass is 10.1. The van der Waals surface area contributed by atoms with Crippen molar-refractivity contribution in [2.75, 3.05) is 25.6 Å². The van der Waals surface area contributed by atoms with Gasteiger partial charge in [-0.25, -0.2) is 4.98 Å². The molecule has 1 aromatic heterocycles. The van der Waals surface area contributed by atoms with Crippen molar-refractivity contribution in [1.29, 1.82) is 0 Å². The predicted octanol–water partition coefficient (Wildman–Crippen LogP) is 2.69. The van der Waals surface area contributed by atoms with Gasteiger partial charge in [0.2, 0.25) is 5.88 Å². The summed E-state index contributed by atoms with van der Waals surface area (Å²) in [5.74, 6) is 0.632. The van der Waals surface area contributed by atoms with Crippen LogP contribution in [0, 0.1) is 0 Å². The predicted molar refractivity (Wildman–Crippen MR) is 82.9 cm³/mol. The molecular formula is C17H20N2O2. The summed E-state index contributed by atoms with van der Waals surface area (Å²) in [5, 5.41) is 3.54. The fourth-order valence-corrected chi connectivity index (χ4v) is 2.68. The second-order valence-electron chi connectivity index (χ2n) is 5.24. The molecule has 0 spiro atoms. The van der Waals surface area contributed by atoms with Crippen LogP contribution in [0.25, 0.3) is 0 Å². The van der Waals surface area contributed by atoms with E-state index in [9.17, 15) is 0 Å². The van der Waals surface area contributed by atoms with E-state index in [1.165, 1.54) is 11.1 Å². The highest BCUT2D eigenvalue weighted by Gasteiger charge is 2.20. The molecule has 1 N–H and O–H groups in total. The Balaban J connectivity index is 1.55. The Bertz CT molecular complexity index is 559. The Morgan fingerprint density at radius 1 is 1.10 bits per heavy atom. The Hall–Kier alpha value is -2.07. The number of anilines is 1. The normalized spacial score (nSPS) is 14.0. The van der Waals surface area contributed by atoms with Gasteiger partial charge in [0.1, 0.15) is 6.61 Å². The SMILES string of the molecule is COCCOc1ccc(NC2Cc3ccccc3C2)cn1. The number of nitrogens with zero attached hydrogens (tertiary/aromatic N) is 1. The molecule has 0 aliphatic heterocycles. The molecule has 4 heteroatoms. The van der Waals surface area contributed by atoms with E-state index in [-0.39, 0.29) is 0 Å². The van der Waals surface area contributed by atoms with Crippen LogP contribution in [0.5, 0.6) is 5.88 Å². The van der Waals surface area contributed by atoms with Crippen LogP contribution >= 0.6 is 0 Å². The molecule has 0 saturated carbocycles. The van der Waals surface area contributed by atoms with E-state index < -0.39 is 0 Å². The summed E-state index contributed by atoms with van der Waals surface area (Å²) in [6.07, 6.45) is 3.97. The van der Waals surface area contributed by atoms with E-state index in [0.717, 1.165) is 18.5 Å². The summed E-state index contributed by atoms with van der Waals surface area (Å²) in [6, 6.07) is 13.0. The molecule has 0 bridgehead atoms. The van der Waals surface area contributed by atoms with E-state index in [4.69, 9.17) is 9.47 Å². The van der Waals surface area contributed by atoms with Crippen molar-refractivity contribution in [3.8, 4) is 5.88 Å². The van der Waals surface area contributed by atoms with Gasteiger partial charge in [-0.15, -0.1) is 0 Å². The zero-order chi connectivity index (χ0) is 14.5. The number of aromatic nitrogens is 1. The molecule has 4 nitrogen and oxygen atoms in total. The first-order valence-electron chi connectivity index (χ1n) is 7.26. The lowest BCUT2D eigenvalue weighted by Gasteiger charge is -2.13. The Kier molecular flexibility index (Phi) is 4.36. The summed E-state index contributed by atoms with van der Waals surface area (Å²) < 4.78 is 10.4. The third kappa shape index (κ3) is 3.52. The van der Waals surface area contributed by atoms with Crippen molar-refractivity contribution in [2.45, 2.75) is 18.9 Å². The first-order chi connectivity index (χ1) is 10.3. The largest absolute Gasteiger partial charge is 0.475 e. The molecule has 21 heavy (non-hydrogen) atoms. The number of methoxy groups -OCH3 is 1. The molecule has 2 aromatic rings. The number of benzene rings is 1.